The molecule has 0 bridgehead atoms. The predicted octanol–water partition coefficient (Wildman–Crippen LogP) is 0.0820. The predicted molar refractivity (Wildman–Crippen MR) is 53.7 cm³/mol. The summed E-state index contributed by atoms with van der Waals surface area (Å²) in [5, 5.41) is 9.07. The van der Waals surface area contributed by atoms with E-state index in [0.717, 1.165) is 0 Å². The van der Waals surface area contributed by atoms with Crippen molar-refractivity contribution >= 4 is 5.91 Å². The van der Waals surface area contributed by atoms with Crippen LogP contribution in [0.3, 0.4) is 0 Å². The third-order valence-electron chi connectivity index (χ3n) is 2.24. The van der Waals surface area contributed by atoms with E-state index in [0.29, 0.717) is 11.3 Å². The molecule has 0 unspecified atom stereocenters. The van der Waals surface area contributed by atoms with E-state index in [1.807, 2.05) is 0 Å². The molecule has 0 saturated heterocycles. The summed E-state index contributed by atoms with van der Waals surface area (Å²) < 4.78 is 5.28. The van der Waals surface area contributed by atoms with Crippen LogP contribution in [0.2, 0.25) is 0 Å². The number of nitrogens with zero attached hydrogens (tertiary/aromatic N) is 3. The molecule has 8 nitrogen and oxygen atoms in total. The maximum Gasteiger partial charge on any atom is 0.294 e. The van der Waals surface area contributed by atoms with Crippen molar-refractivity contribution in [3.05, 3.63) is 34.1 Å². The summed E-state index contributed by atoms with van der Waals surface area (Å²) in [5.41, 5.74) is 0.396. The first-order chi connectivity index (χ1) is 8.18. The molecule has 0 atom stereocenters. The first-order valence-electron chi connectivity index (χ1n) is 4.82. The lowest BCUT2D eigenvalue weighted by molar-refractivity contribution is -0.757. The zero-order valence-corrected chi connectivity index (χ0v) is 8.74. The zero-order chi connectivity index (χ0) is 12.3. The highest BCUT2D eigenvalue weighted by molar-refractivity contribution is 5.97. The second-order valence-corrected chi connectivity index (χ2v) is 3.27. The van der Waals surface area contributed by atoms with Crippen LogP contribution in [-0.4, -0.2) is 40.8 Å². The highest BCUT2D eigenvalue weighted by Gasteiger charge is 2.25. The van der Waals surface area contributed by atoms with E-state index in [4.69, 9.17) is 4.74 Å². The van der Waals surface area contributed by atoms with Gasteiger partial charge in [-0.05, 0) is 6.07 Å². The Balaban J connectivity index is 2.00. The van der Waals surface area contributed by atoms with Crippen LogP contribution in [0.1, 0.15) is 10.4 Å². The topological polar surface area (TPSA) is 94.8 Å². The Labute approximate surface area is 95.9 Å². The molecule has 17 heavy (non-hydrogen) atoms. The number of ether oxygens (including phenoxy) is 1. The largest absolute Gasteiger partial charge is 0.471 e. The number of fused-ring (bicyclic) bond motifs is 1. The number of hydrogen-bond acceptors (Lipinski definition) is 6. The molecule has 2 rings (SSSR count). The minimum absolute atomic E-state index is 0.0403. The summed E-state index contributed by atoms with van der Waals surface area (Å²) in [7, 11) is 0. The average Bonchev–Trinajstić information content (AvgIpc) is 2.32. The number of carbonyl (C=O) groups excluding carboxylic acids is 1. The van der Waals surface area contributed by atoms with Gasteiger partial charge in [-0.3, -0.25) is 9.78 Å². The normalized spacial score (nSPS) is 13.9. The smallest absolute Gasteiger partial charge is 0.294 e. The number of pyridine rings is 1. The van der Waals surface area contributed by atoms with Crippen LogP contribution >= 0.6 is 0 Å². The molecule has 0 saturated carbocycles. The number of rotatable bonds is 4. The second-order valence-electron chi connectivity index (χ2n) is 3.27. The van der Waals surface area contributed by atoms with Crippen LogP contribution in [0.5, 0.6) is 5.75 Å². The van der Waals surface area contributed by atoms with Gasteiger partial charge in [-0.15, -0.1) is 10.1 Å². The molecule has 0 fully saturated rings. The zero-order valence-electron chi connectivity index (χ0n) is 8.74. The molecule has 1 aromatic heterocycles. The fourth-order valence-corrected chi connectivity index (χ4v) is 1.44. The molecule has 0 aromatic carbocycles. The van der Waals surface area contributed by atoms with Crippen molar-refractivity contribution in [1.82, 2.24) is 9.88 Å². The molecule has 0 aliphatic carbocycles. The summed E-state index contributed by atoms with van der Waals surface area (Å²) in [6, 6.07) is 1.54. The molecular formula is C9H9N3O5. The summed E-state index contributed by atoms with van der Waals surface area (Å²) >= 11 is 0. The molecule has 90 valence electrons. The van der Waals surface area contributed by atoms with E-state index >= 15 is 0 Å². The van der Waals surface area contributed by atoms with Crippen LogP contribution < -0.4 is 4.74 Å². The van der Waals surface area contributed by atoms with Crippen molar-refractivity contribution in [2.45, 2.75) is 0 Å². The van der Waals surface area contributed by atoms with Gasteiger partial charge in [0.2, 0.25) is 0 Å². The monoisotopic (exact) mass is 239 g/mol. The van der Waals surface area contributed by atoms with Crippen molar-refractivity contribution in [1.29, 1.82) is 0 Å². The van der Waals surface area contributed by atoms with Crippen LogP contribution in [0, 0.1) is 10.1 Å². The highest BCUT2D eigenvalue weighted by atomic mass is 16.9. The van der Waals surface area contributed by atoms with Crippen molar-refractivity contribution in [2.75, 3.05) is 19.9 Å². The lowest BCUT2D eigenvalue weighted by atomic mass is 10.2. The van der Waals surface area contributed by atoms with E-state index in [1.165, 1.54) is 23.4 Å². The van der Waals surface area contributed by atoms with E-state index < -0.39 is 5.09 Å². The maximum atomic E-state index is 11.9. The summed E-state index contributed by atoms with van der Waals surface area (Å²) in [5.74, 6) is 0.171. The molecule has 1 aromatic rings. The molecule has 0 radical (unpaired) electrons. The molecule has 1 amide bonds. The quantitative estimate of drug-likeness (QED) is 0.545. The lowest BCUT2D eigenvalue weighted by Gasteiger charge is -2.27. The van der Waals surface area contributed by atoms with Crippen LogP contribution in [0.25, 0.3) is 0 Å². The molecule has 1 aliphatic rings. The van der Waals surface area contributed by atoms with Gasteiger partial charge in [-0.1, -0.05) is 0 Å². The lowest BCUT2D eigenvalue weighted by Crippen LogP contribution is -2.40. The molecular weight excluding hydrogens is 230 g/mol. The molecule has 1 aliphatic heterocycles. The van der Waals surface area contributed by atoms with Crippen LogP contribution in [0.15, 0.2) is 18.5 Å². The van der Waals surface area contributed by atoms with Gasteiger partial charge in [0.15, 0.2) is 12.5 Å². The minimum atomic E-state index is -0.896. The minimum Gasteiger partial charge on any atom is -0.471 e. The van der Waals surface area contributed by atoms with Crippen molar-refractivity contribution in [3.63, 3.8) is 0 Å². The first kappa shape index (κ1) is 11.1. The molecule has 0 spiro atoms. The number of aromatic nitrogens is 1. The van der Waals surface area contributed by atoms with Crippen molar-refractivity contribution in [3.8, 4) is 5.75 Å². The maximum absolute atomic E-state index is 11.9. The Bertz CT molecular complexity index is 450. The summed E-state index contributed by atoms with van der Waals surface area (Å²) in [6.45, 7) is -0.0390. The van der Waals surface area contributed by atoms with E-state index in [1.54, 1.807) is 0 Å². The molecule has 2 heterocycles. The Kier molecular flexibility index (Phi) is 3.03. The van der Waals surface area contributed by atoms with Gasteiger partial charge < -0.3 is 14.5 Å². The van der Waals surface area contributed by atoms with Gasteiger partial charge >= 0.3 is 0 Å². The Morgan fingerprint density at radius 1 is 1.65 bits per heavy atom. The average molecular weight is 239 g/mol. The van der Waals surface area contributed by atoms with E-state index in [2.05, 4.69) is 9.82 Å². The van der Waals surface area contributed by atoms with Gasteiger partial charge in [0.25, 0.3) is 11.0 Å². The van der Waals surface area contributed by atoms with E-state index in [9.17, 15) is 14.9 Å². The number of carbonyl (C=O) groups is 1. The van der Waals surface area contributed by atoms with Gasteiger partial charge in [0.1, 0.15) is 6.61 Å². The third-order valence-corrected chi connectivity index (χ3v) is 2.24. The summed E-state index contributed by atoms with van der Waals surface area (Å²) in [4.78, 5) is 31.1. The molecule has 0 N–H and O–H groups in total. The fraction of sp³-hybridized carbons (Fsp3) is 0.333. The van der Waals surface area contributed by atoms with Gasteiger partial charge in [0.05, 0.1) is 11.8 Å². The van der Waals surface area contributed by atoms with Crippen LogP contribution in [-0.2, 0) is 4.84 Å². The number of hydrogen-bond donors (Lipinski definition) is 0. The van der Waals surface area contributed by atoms with Gasteiger partial charge in [-0.2, -0.15) is 0 Å². The van der Waals surface area contributed by atoms with Gasteiger partial charge in [0, 0.05) is 12.7 Å². The van der Waals surface area contributed by atoms with E-state index in [-0.39, 0.29) is 25.8 Å². The van der Waals surface area contributed by atoms with Crippen LogP contribution in [0.4, 0.5) is 0 Å². The van der Waals surface area contributed by atoms with Crippen molar-refractivity contribution < 1.29 is 19.5 Å². The SMILES string of the molecule is O=C1c2ccncc2OCN1CCO[N+](=O)[O-]. The number of amides is 1. The van der Waals surface area contributed by atoms with Crippen molar-refractivity contribution in [2.24, 2.45) is 0 Å². The Morgan fingerprint density at radius 3 is 3.24 bits per heavy atom. The standard InChI is InChI=1S/C9H9N3O5/c13-9-7-1-2-10-5-8(7)16-6-11(9)3-4-17-12(14)15/h1-2,5H,3-4,6H2. The first-order valence-corrected chi connectivity index (χ1v) is 4.82. The Morgan fingerprint density at radius 2 is 2.47 bits per heavy atom. The third kappa shape index (κ3) is 2.41. The second kappa shape index (κ2) is 4.64. The fourth-order valence-electron chi connectivity index (χ4n) is 1.44. The Hall–Kier alpha value is -2.38. The van der Waals surface area contributed by atoms with Gasteiger partial charge in [-0.25, -0.2) is 0 Å². The summed E-state index contributed by atoms with van der Waals surface area (Å²) in [6.07, 6.45) is 2.94. The highest BCUT2D eigenvalue weighted by Crippen LogP contribution is 2.22. The molecule has 8 heteroatoms.